The minimum atomic E-state index is -0.204. The summed E-state index contributed by atoms with van der Waals surface area (Å²) in [5, 5.41) is 0. The lowest BCUT2D eigenvalue weighted by atomic mass is 10.0. The smallest absolute Gasteiger partial charge is 0.127 e. The zero-order valence-electron chi connectivity index (χ0n) is 12.2. The van der Waals surface area contributed by atoms with Crippen molar-refractivity contribution in [3.8, 4) is 0 Å². The number of rotatable bonds is 3. The van der Waals surface area contributed by atoms with E-state index in [9.17, 15) is 4.39 Å². The van der Waals surface area contributed by atoms with Crippen LogP contribution < -0.4 is 5.73 Å². The van der Waals surface area contributed by atoms with Crippen LogP contribution in [0.25, 0.3) is 0 Å². The molecule has 0 unspecified atom stereocenters. The molecule has 3 rings (SSSR count). The summed E-state index contributed by atoms with van der Waals surface area (Å²) in [7, 11) is 0. The quantitative estimate of drug-likeness (QED) is 0.939. The van der Waals surface area contributed by atoms with Gasteiger partial charge in [-0.25, -0.2) is 4.39 Å². The lowest BCUT2D eigenvalue weighted by Crippen LogP contribution is -2.26. The largest absolute Gasteiger partial charge is 0.326 e. The second kappa shape index (κ2) is 6.37. The number of hydrogen-bond donors (Lipinski definition) is 1. The average Bonchev–Trinajstić information content (AvgIpc) is 2.72. The van der Waals surface area contributed by atoms with Gasteiger partial charge >= 0.3 is 0 Å². The fourth-order valence-corrected chi connectivity index (χ4v) is 3.01. The number of halogens is 1. The molecule has 1 aliphatic rings. The van der Waals surface area contributed by atoms with Crippen molar-refractivity contribution >= 4 is 0 Å². The minimum absolute atomic E-state index is 0.204. The molecule has 0 aliphatic carbocycles. The minimum Gasteiger partial charge on any atom is -0.326 e. The summed E-state index contributed by atoms with van der Waals surface area (Å²) < 4.78 is 13.5. The van der Waals surface area contributed by atoms with Gasteiger partial charge in [0.2, 0.25) is 0 Å². The molecule has 0 fully saturated rings. The van der Waals surface area contributed by atoms with Crippen molar-refractivity contribution in [2.24, 2.45) is 5.73 Å². The maximum atomic E-state index is 13.5. The zero-order chi connectivity index (χ0) is 14.7. The monoisotopic (exact) mass is 284 g/mol. The molecule has 0 saturated heterocycles. The van der Waals surface area contributed by atoms with Gasteiger partial charge in [0.15, 0.2) is 0 Å². The van der Waals surface area contributed by atoms with Crippen LogP contribution >= 0.6 is 0 Å². The lowest BCUT2D eigenvalue weighted by molar-refractivity contribution is 0.279. The molecule has 0 bridgehead atoms. The molecular weight excluding hydrogens is 263 g/mol. The third-order valence-corrected chi connectivity index (χ3v) is 4.25. The first-order valence-electron chi connectivity index (χ1n) is 7.53. The van der Waals surface area contributed by atoms with Crippen molar-refractivity contribution in [3.05, 3.63) is 70.5 Å². The summed E-state index contributed by atoms with van der Waals surface area (Å²) in [6, 6.07) is 14.0. The van der Waals surface area contributed by atoms with Crippen molar-refractivity contribution in [2.75, 3.05) is 13.1 Å². The molecule has 110 valence electrons. The van der Waals surface area contributed by atoms with E-state index in [1.807, 2.05) is 12.1 Å². The molecule has 0 saturated carbocycles. The maximum absolute atomic E-state index is 13.5. The Morgan fingerprint density at radius 1 is 1.00 bits per heavy atom. The summed E-state index contributed by atoms with van der Waals surface area (Å²) >= 11 is 0. The van der Waals surface area contributed by atoms with Gasteiger partial charge in [-0.1, -0.05) is 36.4 Å². The Morgan fingerprint density at radius 2 is 1.67 bits per heavy atom. The summed E-state index contributed by atoms with van der Waals surface area (Å²) in [5.74, 6) is -0.204. The molecular formula is C18H21FN2. The summed E-state index contributed by atoms with van der Waals surface area (Å²) in [6.07, 6.45) is 2.17. The van der Waals surface area contributed by atoms with E-state index in [1.165, 1.54) is 17.2 Å². The van der Waals surface area contributed by atoms with E-state index in [1.54, 1.807) is 0 Å². The van der Waals surface area contributed by atoms with E-state index in [0.717, 1.165) is 38.0 Å². The molecule has 3 heteroatoms. The Balaban J connectivity index is 1.69. The highest BCUT2D eigenvalue weighted by molar-refractivity contribution is 5.29. The van der Waals surface area contributed by atoms with Gasteiger partial charge in [0.1, 0.15) is 5.82 Å². The predicted octanol–water partition coefficient (Wildman–Crippen LogP) is 2.89. The maximum Gasteiger partial charge on any atom is 0.127 e. The van der Waals surface area contributed by atoms with E-state index < -0.39 is 0 Å². The standard InChI is InChI=1S/C18H21FN2/c19-18-6-5-14(11-17(18)12-20)13-21-9-7-15-3-1-2-4-16(15)8-10-21/h1-6,11H,7-10,12-13,20H2. The topological polar surface area (TPSA) is 29.3 Å². The first-order valence-corrected chi connectivity index (χ1v) is 7.53. The normalized spacial score (nSPS) is 15.5. The Labute approximate surface area is 125 Å². The molecule has 2 aromatic carbocycles. The molecule has 21 heavy (non-hydrogen) atoms. The first-order chi connectivity index (χ1) is 10.3. The number of nitrogens with two attached hydrogens (primary N) is 1. The van der Waals surface area contributed by atoms with Crippen LogP contribution in [-0.4, -0.2) is 18.0 Å². The van der Waals surface area contributed by atoms with Gasteiger partial charge < -0.3 is 5.73 Å². The molecule has 0 spiro atoms. The average molecular weight is 284 g/mol. The van der Waals surface area contributed by atoms with Crippen molar-refractivity contribution in [3.63, 3.8) is 0 Å². The Bertz CT molecular complexity index is 597. The number of benzene rings is 2. The van der Waals surface area contributed by atoms with Crippen LogP contribution in [-0.2, 0) is 25.9 Å². The van der Waals surface area contributed by atoms with Crippen molar-refractivity contribution in [2.45, 2.75) is 25.9 Å². The van der Waals surface area contributed by atoms with Gasteiger partial charge in [-0.2, -0.15) is 0 Å². The number of hydrogen-bond acceptors (Lipinski definition) is 2. The van der Waals surface area contributed by atoms with Crippen LogP contribution in [0, 0.1) is 5.82 Å². The van der Waals surface area contributed by atoms with Gasteiger partial charge in [-0.15, -0.1) is 0 Å². The molecule has 0 radical (unpaired) electrons. The summed E-state index contributed by atoms with van der Waals surface area (Å²) in [5.41, 5.74) is 10.2. The Morgan fingerprint density at radius 3 is 2.29 bits per heavy atom. The molecule has 0 amide bonds. The van der Waals surface area contributed by atoms with Crippen LogP contribution in [0.2, 0.25) is 0 Å². The molecule has 0 aromatic heterocycles. The van der Waals surface area contributed by atoms with E-state index in [4.69, 9.17) is 5.73 Å². The van der Waals surface area contributed by atoms with Crippen LogP contribution in [0.15, 0.2) is 42.5 Å². The van der Waals surface area contributed by atoms with Crippen LogP contribution in [0.5, 0.6) is 0 Å². The predicted molar refractivity (Wildman–Crippen MR) is 83.4 cm³/mol. The highest BCUT2D eigenvalue weighted by Gasteiger charge is 2.14. The van der Waals surface area contributed by atoms with Crippen LogP contribution in [0.1, 0.15) is 22.3 Å². The molecule has 1 heterocycles. The molecule has 2 nitrogen and oxygen atoms in total. The SMILES string of the molecule is NCc1cc(CN2CCc3ccccc3CC2)ccc1F. The van der Waals surface area contributed by atoms with E-state index in [-0.39, 0.29) is 12.4 Å². The van der Waals surface area contributed by atoms with Gasteiger partial charge in [0.05, 0.1) is 0 Å². The van der Waals surface area contributed by atoms with Gasteiger partial charge in [0.25, 0.3) is 0 Å². The second-order valence-corrected chi connectivity index (χ2v) is 5.67. The third-order valence-electron chi connectivity index (χ3n) is 4.25. The van der Waals surface area contributed by atoms with E-state index in [0.29, 0.717) is 5.56 Å². The molecule has 0 atom stereocenters. The lowest BCUT2D eigenvalue weighted by Gasteiger charge is -2.20. The molecule has 2 N–H and O–H groups in total. The summed E-state index contributed by atoms with van der Waals surface area (Å²) in [4.78, 5) is 2.44. The van der Waals surface area contributed by atoms with Gasteiger partial charge in [-0.3, -0.25) is 4.90 Å². The summed E-state index contributed by atoms with van der Waals surface area (Å²) in [6.45, 7) is 3.21. The first kappa shape index (κ1) is 14.2. The van der Waals surface area contributed by atoms with Crippen LogP contribution in [0.3, 0.4) is 0 Å². The van der Waals surface area contributed by atoms with Crippen molar-refractivity contribution in [1.82, 2.24) is 4.90 Å². The van der Waals surface area contributed by atoms with Gasteiger partial charge in [-0.05, 0) is 35.6 Å². The number of fused-ring (bicyclic) bond motifs is 1. The second-order valence-electron chi connectivity index (χ2n) is 5.67. The van der Waals surface area contributed by atoms with E-state index >= 15 is 0 Å². The highest BCUT2D eigenvalue weighted by atomic mass is 19.1. The van der Waals surface area contributed by atoms with Crippen LogP contribution in [0.4, 0.5) is 4.39 Å². The Hall–Kier alpha value is -1.71. The van der Waals surface area contributed by atoms with E-state index in [2.05, 4.69) is 29.2 Å². The van der Waals surface area contributed by atoms with Crippen molar-refractivity contribution < 1.29 is 4.39 Å². The fourth-order valence-electron chi connectivity index (χ4n) is 3.01. The number of nitrogens with zero attached hydrogens (tertiary/aromatic N) is 1. The van der Waals surface area contributed by atoms with Crippen molar-refractivity contribution in [1.29, 1.82) is 0 Å². The molecule has 2 aromatic rings. The highest BCUT2D eigenvalue weighted by Crippen LogP contribution is 2.18. The van der Waals surface area contributed by atoms with Gasteiger partial charge in [0, 0.05) is 31.7 Å². The zero-order valence-corrected chi connectivity index (χ0v) is 12.2. The molecule has 1 aliphatic heterocycles. The fraction of sp³-hybridized carbons (Fsp3) is 0.333. The Kier molecular flexibility index (Phi) is 4.32. The third kappa shape index (κ3) is 3.31.